The monoisotopic (exact) mass is 427 g/mol. The van der Waals surface area contributed by atoms with Crippen LogP contribution in [0.2, 0.25) is 0 Å². The molecule has 2 heterocycles. The quantitative estimate of drug-likeness (QED) is 0.382. The van der Waals surface area contributed by atoms with Gasteiger partial charge in [0.2, 0.25) is 5.91 Å². The fraction of sp³-hybridized carbons (Fsp3) is 0.192. The Balaban J connectivity index is 1.67. The van der Waals surface area contributed by atoms with E-state index >= 15 is 0 Å². The molecule has 0 saturated carbocycles. The predicted molar refractivity (Wildman–Crippen MR) is 128 cm³/mol. The molecule has 156 valence electrons. The van der Waals surface area contributed by atoms with E-state index in [1.165, 1.54) is 5.56 Å². The Morgan fingerprint density at radius 1 is 1.00 bits per heavy atom. The highest BCUT2D eigenvalue weighted by molar-refractivity contribution is 7.15. The van der Waals surface area contributed by atoms with Crippen molar-refractivity contribution in [2.24, 2.45) is 0 Å². The van der Waals surface area contributed by atoms with Crippen LogP contribution in [0, 0.1) is 6.92 Å². The molecule has 0 atom stereocenters. The zero-order valence-corrected chi connectivity index (χ0v) is 18.8. The van der Waals surface area contributed by atoms with E-state index in [0.29, 0.717) is 12.2 Å². The second-order valence-electron chi connectivity index (χ2n) is 7.53. The lowest BCUT2D eigenvalue weighted by atomic mass is 10.1. The Morgan fingerprint density at radius 3 is 2.55 bits per heavy atom. The van der Waals surface area contributed by atoms with E-state index in [2.05, 4.69) is 43.1 Å². The second kappa shape index (κ2) is 9.23. The van der Waals surface area contributed by atoms with Crippen LogP contribution in [0.25, 0.3) is 21.7 Å². The zero-order chi connectivity index (χ0) is 21.8. The lowest BCUT2D eigenvalue weighted by Crippen LogP contribution is -2.28. The Kier molecular flexibility index (Phi) is 6.23. The van der Waals surface area contributed by atoms with Gasteiger partial charge in [-0.25, -0.2) is 9.97 Å². The summed E-state index contributed by atoms with van der Waals surface area (Å²) in [7, 11) is 1.78. The molecule has 5 heteroatoms. The second-order valence-corrected chi connectivity index (χ2v) is 8.61. The molecule has 0 unspecified atom stereocenters. The standard InChI is InChI=1S/C26H25N3OS/c1-4-23-28-25(20-12-8-9-18(2)15-20)26(31-23)21-13-14-27-22(17-21)29(3)24(30)16-19-10-6-5-7-11-19/h5-15,17H,4,16H2,1-3H3. The van der Waals surface area contributed by atoms with Crippen LogP contribution in [0.15, 0.2) is 72.9 Å². The third-order valence-electron chi connectivity index (χ3n) is 5.19. The van der Waals surface area contributed by atoms with Crippen LogP contribution in [0.3, 0.4) is 0 Å². The molecule has 0 bridgehead atoms. The van der Waals surface area contributed by atoms with Gasteiger partial charge in [0.05, 0.1) is 22.0 Å². The van der Waals surface area contributed by atoms with Crippen molar-refractivity contribution in [3.63, 3.8) is 0 Å². The minimum atomic E-state index is 0.00769. The number of rotatable bonds is 6. The molecule has 0 spiro atoms. The number of thiazole rings is 1. The third-order valence-corrected chi connectivity index (χ3v) is 6.44. The molecule has 4 nitrogen and oxygen atoms in total. The maximum Gasteiger partial charge on any atom is 0.232 e. The number of anilines is 1. The van der Waals surface area contributed by atoms with Crippen molar-refractivity contribution in [3.05, 3.63) is 89.1 Å². The molecule has 0 aliphatic heterocycles. The topological polar surface area (TPSA) is 46.1 Å². The summed E-state index contributed by atoms with van der Waals surface area (Å²) in [5.74, 6) is 0.647. The Bertz CT molecular complexity index is 1200. The summed E-state index contributed by atoms with van der Waals surface area (Å²) >= 11 is 1.70. The number of aryl methyl sites for hydroxylation is 2. The minimum Gasteiger partial charge on any atom is -0.300 e. The lowest BCUT2D eigenvalue weighted by molar-refractivity contribution is -0.117. The summed E-state index contributed by atoms with van der Waals surface area (Å²) in [5.41, 5.74) is 5.32. The zero-order valence-electron chi connectivity index (χ0n) is 18.0. The van der Waals surface area contributed by atoms with Crippen LogP contribution in [0.5, 0.6) is 0 Å². The van der Waals surface area contributed by atoms with Gasteiger partial charge in [0, 0.05) is 18.8 Å². The van der Waals surface area contributed by atoms with Crippen molar-refractivity contribution in [2.45, 2.75) is 26.7 Å². The van der Waals surface area contributed by atoms with E-state index in [4.69, 9.17) is 4.98 Å². The van der Waals surface area contributed by atoms with Crippen molar-refractivity contribution < 1.29 is 4.79 Å². The lowest BCUT2D eigenvalue weighted by Gasteiger charge is -2.17. The average molecular weight is 428 g/mol. The molecule has 0 aliphatic rings. The molecule has 2 aromatic heterocycles. The largest absolute Gasteiger partial charge is 0.300 e. The van der Waals surface area contributed by atoms with Gasteiger partial charge in [-0.2, -0.15) is 0 Å². The first-order valence-electron chi connectivity index (χ1n) is 10.4. The number of nitrogens with zero attached hydrogens (tertiary/aromatic N) is 3. The highest BCUT2D eigenvalue weighted by Gasteiger charge is 2.18. The average Bonchev–Trinajstić information content (AvgIpc) is 3.24. The van der Waals surface area contributed by atoms with Gasteiger partial charge < -0.3 is 0 Å². The predicted octanol–water partition coefficient (Wildman–Crippen LogP) is 5.95. The first kappa shape index (κ1) is 20.9. The van der Waals surface area contributed by atoms with Crippen LogP contribution in [-0.4, -0.2) is 22.9 Å². The summed E-state index contributed by atoms with van der Waals surface area (Å²) in [6, 6.07) is 22.2. The normalized spacial score (nSPS) is 10.8. The van der Waals surface area contributed by atoms with Gasteiger partial charge >= 0.3 is 0 Å². The van der Waals surface area contributed by atoms with Gasteiger partial charge in [-0.05, 0) is 42.7 Å². The molecule has 4 aromatic rings. The molecule has 4 rings (SSSR count). The van der Waals surface area contributed by atoms with E-state index in [9.17, 15) is 4.79 Å². The van der Waals surface area contributed by atoms with Crippen molar-refractivity contribution in [2.75, 3.05) is 11.9 Å². The third kappa shape index (κ3) is 4.72. The number of carbonyl (C=O) groups excluding carboxylic acids is 1. The fourth-order valence-corrected chi connectivity index (χ4v) is 4.48. The van der Waals surface area contributed by atoms with Gasteiger partial charge in [0.15, 0.2) is 0 Å². The summed E-state index contributed by atoms with van der Waals surface area (Å²) in [4.78, 5) is 24.9. The van der Waals surface area contributed by atoms with Crippen LogP contribution in [0.4, 0.5) is 5.82 Å². The van der Waals surface area contributed by atoms with E-state index in [1.54, 1.807) is 29.5 Å². The Morgan fingerprint density at radius 2 is 1.81 bits per heavy atom. The van der Waals surface area contributed by atoms with Crippen LogP contribution in [-0.2, 0) is 17.6 Å². The number of pyridine rings is 1. The summed E-state index contributed by atoms with van der Waals surface area (Å²) in [5, 5.41) is 1.10. The van der Waals surface area contributed by atoms with Gasteiger partial charge in [0.25, 0.3) is 0 Å². The molecule has 0 saturated heterocycles. The van der Waals surface area contributed by atoms with Crippen molar-refractivity contribution in [3.8, 4) is 21.7 Å². The van der Waals surface area contributed by atoms with Crippen LogP contribution in [0.1, 0.15) is 23.1 Å². The fourth-order valence-electron chi connectivity index (χ4n) is 3.46. The number of hydrogen-bond donors (Lipinski definition) is 0. The molecule has 0 radical (unpaired) electrons. The molecular formula is C26H25N3OS. The highest BCUT2D eigenvalue weighted by Crippen LogP contribution is 2.38. The molecule has 0 aliphatic carbocycles. The van der Waals surface area contributed by atoms with Gasteiger partial charge in [-0.1, -0.05) is 61.0 Å². The highest BCUT2D eigenvalue weighted by atomic mass is 32.1. The van der Waals surface area contributed by atoms with Crippen molar-refractivity contribution in [1.82, 2.24) is 9.97 Å². The SMILES string of the molecule is CCc1nc(-c2cccc(C)c2)c(-c2ccnc(N(C)C(=O)Cc3ccccc3)c2)s1. The molecule has 0 N–H and O–H groups in total. The number of amides is 1. The molecule has 1 amide bonds. The number of carbonyl (C=O) groups is 1. The molecule has 2 aromatic carbocycles. The number of hydrogen-bond acceptors (Lipinski definition) is 4. The first-order valence-corrected chi connectivity index (χ1v) is 11.2. The van der Waals surface area contributed by atoms with Crippen LogP contribution < -0.4 is 4.90 Å². The molecular weight excluding hydrogens is 402 g/mol. The first-order chi connectivity index (χ1) is 15.0. The van der Waals surface area contributed by atoms with Gasteiger partial charge in [-0.15, -0.1) is 11.3 Å². The minimum absolute atomic E-state index is 0.00769. The molecule has 0 fully saturated rings. The van der Waals surface area contributed by atoms with Crippen LogP contribution >= 0.6 is 11.3 Å². The molecule has 31 heavy (non-hydrogen) atoms. The van der Waals surface area contributed by atoms with E-state index in [-0.39, 0.29) is 5.91 Å². The van der Waals surface area contributed by atoms with Gasteiger partial charge in [-0.3, -0.25) is 9.69 Å². The number of benzene rings is 2. The Hall–Kier alpha value is -3.31. The van der Waals surface area contributed by atoms with E-state index < -0.39 is 0 Å². The smallest absolute Gasteiger partial charge is 0.232 e. The summed E-state index contributed by atoms with van der Waals surface area (Å²) in [6.45, 7) is 4.21. The van der Waals surface area contributed by atoms with E-state index in [1.807, 2.05) is 42.5 Å². The van der Waals surface area contributed by atoms with Crippen molar-refractivity contribution in [1.29, 1.82) is 0 Å². The summed E-state index contributed by atoms with van der Waals surface area (Å²) < 4.78 is 0. The maximum absolute atomic E-state index is 12.8. The number of aromatic nitrogens is 2. The Labute approximate surface area is 187 Å². The maximum atomic E-state index is 12.8. The summed E-state index contributed by atoms with van der Waals surface area (Å²) in [6.07, 6.45) is 3.00. The number of likely N-dealkylation sites (N-methyl/N-ethyl adjacent to an activating group) is 1. The van der Waals surface area contributed by atoms with Crippen molar-refractivity contribution >= 4 is 23.1 Å². The van der Waals surface area contributed by atoms with E-state index in [0.717, 1.165) is 38.7 Å². The van der Waals surface area contributed by atoms with Gasteiger partial charge in [0.1, 0.15) is 5.82 Å².